The molecule has 2 aromatic carbocycles. The third-order valence-corrected chi connectivity index (χ3v) is 5.80. The molecular weight excluding hydrogens is 374 g/mol. The van der Waals surface area contributed by atoms with Gasteiger partial charge < -0.3 is 9.88 Å². The fraction of sp³-hybridized carbons (Fsp3) is 0.160. The minimum atomic E-state index is -0.338. The number of aromatic amines is 1. The number of amides is 1. The zero-order valence-corrected chi connectivity index (χ0v) is 16.6. The predicted molar refractivity (Wildman–Crippen MR) is 116 cm³/mol. The Hall–Kier alpha value is -3.73. The quantitative estimate of drug-likeness (QED) is 0.518. The molecule has 0 fully saturated rings. The van der Waals surface area contributed by atoms with Gasteiger partial charge in [0.15, 0.2) is 5.78 Å². The summed E-state index contributed by atoms with van der Waals surface area (Å²) in [5.74, 6) is -0.266. The number of ketones is 1. The van der Waals surface area contributed by atoms with Gasteiger partial charge in [0.25, 0.3) is 5.91 Å². The molecule has 5 rings (SSSR count). The number of nitrogens with one attached hydrogen (secondary N) is 1. The lowest BCUT2D eigenvalue weighted by Gasteiger charge is -2.36. The summed E-state index contributed by atoms with van der Waals surface area (Å²) in [6, 6.07) is 20.7. The highest BCUT2D eigenvalue weighted by Gasteiger charge is 2.36. The molecule has 0 radical (unpaired) electrons. The highest BCUT2D eigenvalue weighted by molar-refractivity contribution is 6.07. The monoisotopic (exact) mass is 395 g/mol. The van der Waals surface area contributed by atoms with Gasteiger partial charge in [-0.3, -0.25) is 14.6 Å². The van der Waals surface area contributed by atoms with Gasteiger partial charge in [-0.15, -0.1) is 0 Å². The average molecular weight is 395 g/mol. The van der Waals surface area contributed by atoms with E-state index in [1.165, 1.54) is 17.9 Å². The van der Waals surface area contributed by atoms with Crippen LogP contribution in [-0.2, 0) is 6.42 Å². The molecule has 1 aliphatic rings. The lowest BCUT2D eigenvalue weighted by Crippen LogP contribution is -2.41. The van der Waals surface area contributed by atoms with Crippen molar-refractivity contribution in [1.82, 2.24) is 14.9 Å². The van der Waals surface area contributed by atoms with Crippen molar-refractivity contribution in [2.45, 2.75) is 19.4 Å². The maximum absolute atomic E-state index is 13.7. The fourth-order valence-corrected chi connectivity index (χ4v) is 4.44. The second kappa shape index (κ2) is 7.26. The molecule has 0 spiro atoms. The van der Waals surface area contributed by atoms with Gasteiger partial charge >= 0.3 is 0 Å². The maximum Gasteiger partial charge on any atom is 0.255 e. The van der Waals surface area contributed by atoms with E-state index in [0.717, 1.165) is 23.3 Å². The Bertz CT molecular complexity index is 1260. The molecule has 0 saturated heterocycles. The molecule has 2 aromatic heterocycles. The molecule has 1 aliphatic heterocycles. The van der Waals surface area contributed by atoms with Crippen molar-refractivity contribution in [2.75, 3.05) is 6.54 Å². The normalized spacial score (nSPS) is 15.8. The SMILES string of the molecule is CC(=O)c1ccccc1C(=O)N1CCc2c([nH]c3ccccc23)[C@@H]1c1ccccn1. The van der Waals surface area contributed by atoms with Crippen molar-refractivity contribution in [2.24, 2.45) is 0 Å². The summed E-state index contributed by atoms with van der Waals surface area (Å²) >= 11 is 0. The molecule has 5 heteroatoms. The lowest BCUT2D eigenvalue weighted by atomic mass is 9.93. The summed E-state index contributed by atoms with van der Waals surface area (Å²) in [5, 5.41) is 1.18. The molecule has 1 amide bonds. The number of H-pyrrole nitrogens is 1. The van der Waals surface area contributed by atoms with Crippen molar-refractivity contribution < 1.29 is 9.59 Å². The van der Waals surface area contributed by atoms with Gasteiger partial charge in [-0.1, -0.05) is 42.5 Å². The smallest absolute Gasteiger partial charge is 0.255 e. The third-order valence-electron chi connectivity index (χ3n) is 5.80. The lowest BCUT2D eigenvalue weighted by molar-refractivity contribution is 0.0684. The predicted octanol–water partition coefficient (Wildman–Crippen LogP) is 4.55. The molecule has 5 nitrogen and oxygen atoms in total. The van der Waals surface area contributed by atoms with E-state index < -0.39 is 0 Å². The van der Waals surface area contributed by atoms with Crippen LogP contribution in [0.3, 0.4) is 0 Å². The minimum Gasteiger partial charge on any atom is -0.356 e. The van der Waals surface area contributed by atoms with Crippen LogP contribution in [0, 0.1) is 0 Å². The van der Waals surface area contributed by atoms with Crippen molar-refractivity contribution in [1.29, 1.82) is 0 Å². The zero-order chi connectivity index (χ0) is 20.7. The number of benzene rings is 2. The van der Waals surface area contributed by atoms with Crippen LogP contribution in [0.25, 0.3) is 10.9 Å². The fourth-order valence-electron chi connectivity index (χ4n) is 4.44. The van der Waals surface area contributed by atoms with E-state index in [-0.39, 0.29) is 17.7 Å². The standard InChI is InChI=1S/C25H21N3O2/c1-16(29)17-8-2-3-10-20(17)25(30)28-15-13-19-18-9-4-5-11-21(18)27-23(19)24(28)22-12-6-7-14-26-22/h2-12,14,24,27H,13,15H2,1H3/t24-/m0/s1. The summed E-state index contributed by atoms with van der Waals surface area (Å²) in [7, 11) is 0. The maximum atomic E-state index is 13.7. The topological polar surface area (TPSA) is 66.1 Å². The number of hydrogen-bond donors (Lipinski definition) is 1. The molecule has 3 heterocycles. The number of nitrogens with zero attached hydrogens (tertiary/aromatic N) is 2. The molecule has 30 heavy (non-hydrogen) atoms. The molecule has 0 bridgehead atoms. The molecule has 1 atom stereocenters. The molecule has 4 aromatic rings. The Morgan fingerprint density at radius 2 is 1.70 bits per heavy atom. The molecular formula is C25H21N3O2. The molecule has 1 N–H and O–H groups in total. The van der Waals surface area contributed by atoms with E-state index in [9.17, 15) is 9.59 Å². The van der Waals surface area contributed by atoms with Gasteiger partial charge in [0.1, 0.15) is 6.04 Å². The summed E-state index contributed by atoms with van der Waals surface area (Å²) in [4.78, 5) is 35.7. The van der Waals surface area contributed by atoms with Crippen molar-refractivity contribution in [3.63, 3.8) is 0 Å². The van der Waals surface area contributed by atoms with Crippen LogP contribution in [0.1, 0.15) is 50.6 Å². The van der Waals surface area contributed by atoms with Crippen molar-refractivity contribution in [3.05, 3.63) is 101 Å². The second-order valence-corrected chi connectivity index (χ2v) is 7.57. The number of fused-ring (bicyclic) bond motifs is 3. The van der Waals surface area contributed by atoms with Gasteiger partial charge in [-0.2, -0.15) is 0 Å². The third kappa shape index (κ3) is 2.90. The van der Waals surface area contributed by atoms with Crippen LogP contribution >= 0.6 is 0 Å². The zero-order valence-electron chi connectivity index (χ0n) is 16.6. The van der Waals surface area contributed by atoms with Crippen LogP contribution in [0.2, 0.25) is 0 Å². The van der Waals surface area contributed by atoms with E-state index in [1.807, 2.05) is 35.2 Å². The van der Waals surface area contributed by atoms with Gasteiger partial charge in [-0.05, 0) is 43.2 Å². The molecule has 148 valence electrons. The Balaban J connectivity index is 1.67. The second-order valence-electron chi connectivity index (χ2n) is 7.57. The summed E-state index contributed by atoms with van der Waals surface area (Å²) in [6.45, 7) is 2.05. The largest absolute Gasteiger partial charge is 0.356 e. The number of hydrogen-bond acceptors (Lipinski definition) is 3. The Kier molecular flexibility index (Phi) is 4.43. The number of aromatic nitrogens is 2. The van der Waals surface area contributed by atoms with Gasteiger partial charge in [0.05, 0.1) is 11.3 Å². The number of carbonyl (C=O) groups is 2. The molecule has 0 unspecified atom stereocenters. The number of rotatable bonds is 3. The van der Waals surface area contributed by atoms with Crippen LogP contribution in [0.15, 0.2) is 72.9 Å². The van der Waals surface area contributed by atoms with Crippen LogP contribution in [0.5, 0.6) is 0 Å². The first-order chi connectivity index (χ1) is 14.6. The van der Waals surface area contributed by atoms with Crippen molar-refractivity contribution in [3.8, 4) is 0 Å². The number of carbonyl (C=O) groups excluding carboxylic acids is 2. The van der Waals surface area contributed by atoms with E-state index in [4.69, 9.17) is 0 Å². The van der Waals surface area contributed by atoms with Gasteiger partial charge in [-0.25, -0.2) is 0 Å². The summed E-state index contributed by atoms with van der Waals surface area (Å²) in [6.07, 6.45) is 2.50. The first-order valence-electron chi connectivity index (χ1n) is 10.1. The van der Waals surface area contributed by atoms with Gasteiger partial charge in [0.2, 0.25) is 0 Å². The van der Waals surface area contributed by atoms with E-state index in [0.29, 0.717) is 17.7 Å². The van der Waals surface area contributed by atoms with E-state index >= 15 is 0 Å². The Morgan fingerprint density at radius 1 is 0.967 bits per heavy atom. The number of Topliss-reactive ketones (excluding diaryl/α,β-unsaturated/α-hetero) is 1. The summed E-state index contributed by atoms with van der Waals surface area (Å²) in [5.41, 5.74) is 4.97. The van der Waals surface area contributed by atoms with Crippen LogP contribution < -0.4 is 0 Å². The number of para-hydroxylation sites is 1. The minimum absolute atomic E-state index is 0.114. The van der Waals surface area contributed by atoms with E-state index in [1.54, 1.807) is 30.5 Å². The van der Waals surface area contributed by atoms with Crippen LogP contribution in [0.4, 0.5) is 0 Å². The average Bonchev–Trinajstić information content (AvgIpc) is 3.17. The molecule has 0 aliphatic carbocycles. The molecule has 0 saturated carbocycles. The Morgan fingerprint density at radius 3 is 2.47 bits per heavy atom. The first kappa shape index (κ1) is 18.3. The summed E-state index contributed by atoms with van der Waals surface area (Å²) < 4.78 is 0. The first-order valence-corrected chi connectivity index (χ1v) is 10.1. The number of pyridine rings is 1. The van der Waals surface area contributed by atoms with Crippen molar-refractivity contribution >= 4 is 22.6 Å². The van der Waals surface area contributed by atoms with Crippen LogP contribution in [-0.4, -0.2) is 33.1 Å². The highest BCUT2D eigenvalue weighted by Crippen LogP contribution is 2.38. The highest BCUT2D eigenvalue weighted by atomic mass is 16.2. The Labute approximate surface area is 174 Å². The van der Waals surface area contributed by atoms with Gasteiger partial charge in [0, 0.05) is 34.9 Å². The van der Waals surface area contributed by atoms with E-state index in [2.05, 4.69) is 22.1 Å².